The maximum Gasteiger partial charge on any atom is 0.136 e. The van der Waals surface area contributed by atoms with Crippen LogP contribution in [-0.4, -0.2) is 6.54 Å². The van der Waals surface area contributed by atoms with E-state index in [1.165, 1.54) is 57.1 Å². The van der Waals surface area contributed by atoms with E-state index in [4.69, 9.17) is 4.42 Å². The Bertz CT molecular complexity index is 1350. The fourth-order valence-corrected chi connectivity index (χ4v) is 5.28. The van der Waals surface area contributed by atoms with E-state index in [0.29, 0.717) is 5.92 Å². The van der Waals surface area contributed by atoms with Crippen LogP contribution in [0.25, 0.3) is 33.1 Å². The van der Waals surface area contributed by atoms with Crippen LogP contribution in [0.3, 0.4) is 0 Å². The quantitative estimate of drug-likeness (QED) is 0.316. The van der Waals surface area contributed by atoms with Crippen LogP contribution in [0, 0.1) is 0 Å². The first-order valence-corrected chi connectivity index (χ1v) is 12.4. The molecule has 0 amide bonds. The summed E-state index contributed by atoms with van der Waals surface area (Å²) in [5.74, 6) is 0.319. The Morgan fingerprint density at radius 1 is 0.970 bits per heavy atom. The minimum absolute atomic E-state index is 0.319. The van der Waals surface area contributed by atoms with Gasteiger partial charge in [0.05, 0.1) is 0 Å². The Morgan fingerprint density at radius 2 is 1.85 bits per heavy atom. The maximum atomic E-state index is 6.30. The summed E-state index contributed by atoms with van der Waals surface area (Å²) in [5.41, 5.74) is 10.0. The highest BCUT2D eigenvalue weighted by atomic mass is 16.3. The average Bonchev–Trinajstić information content (AvgIpc) is 3.22. The highest BCUT2D eigenvalue weighted by Crippen LogP contribution is 2.45. The van der Waals surface area contributed by atoms with E-state index < -0.39 is 0 Å². The predicted molar refractivity (Wildman–Crippen MR) is 142 cm³/mol. The number of para-hydroxylation sites is 1. The minimum atomic E-state index is 0.319. The lowest BCUT2D eigenvalue weighted by Crippen LogP contribution is -2.09. The Morgan fingerprint density at radius 3 is 2.70 bits per heavy atom. The van der Waals surface area contributed by atoms with Gasteiger partial charge in [-0.15, -0.1) is 0 Å². The van der Waals surface area contributed by atoms with E-state index >= 15 is 0 Å². The lowest BCUT2D eigenvalue weighted by Gasteiger charge is -2.25. The van der Waals surface area contributed by atoms with Gasteiger partial charge < -0.3 is 9.73 Å². The number of fused-ring (bicyclic) bond motifs is 7. The van der Waals surface area contributed by atoms with Crippen molar-refractivity contribution in [2.24, 2.45) is 0 Å². The van der Waals surface area contributed by atoms with Gasteiger partial charge in [-0.05, 0) is 59.7 Å². The van der Waals surface area contributed by atoms with Crippen LogP contribution in [-0.2, 0) is 6.42 Å². The van der Waals surface area contributed by atoms with Crippen molar-refractivity contribution in [2.75, 3.05) is 11.9 Å². The zero-order valence-corrected chi connectivity index (χ0v) is 19.9. The molecule has 5 rings (SSSR count). The molecule has 33 heavy (non-hydrogen) atoms. The number of rotatable bonds is 5. The summed E-state index contributed by atoms with van der Waals surface area (Å²) in [6.07, 6.45) is 11.2. The molecule has 0 saturated carbocycles. The summed E-state index contributed by atoms with van der Waals surface area (Å²) in [7, 11) is 0. The molecule has 0 aliphatic heterocycles. The van der Waals surface area contributed by atoms with Gasteiger partial charge >= 0.3 is 0 Å². The molecular formula is C31H33NO. The van der Waals surface area contributed by atoms with Gasteiger partial charge in [0.1, 0.15) is 11.2 Å². The average molecular weight is 436 g/mol. The molecule has 1 N–H and O–H groups in total. The number of unbranched alkanes of at least 4 members (excludes halogenated alkanes) is 1. The number of anilines is 1. The molecule has 2 nitrogen and oxygen atoms in total. The summed E-state index contributed by atoms with van der Waals surface area (Å²) in [6.45, 7) is 7.87. The van der Waals surface area contributed by atoms with E-state index in [-0.39, 0.29) is 0 Å². The molecule has 3 aromatic carbocycles. The van der Waals surface area contributed by atoms with E-state index in [1.54, 1.807) is 0 Å². The van der Waals surface area contributed by atoms with Crippen LogP contribution in [0.2, 0.25) is 0 Å². The Labute approximate surface area is 197 Å². The fourth-order valence-electron chi connectivity index (χ4n) is 5.28. The zero-order valence-electron chi connectivity index (χ0n) is 19.9. The Hall–Kier alpha value is -3.26. The molecule has 1 unspecified atom stereocenters. The molecule has 168 valence electrons. The van der Waals surface area contributed by atoms with Gasteiger partial charge in [0.25, 0.3) is 0 Å². The summed E-state index contributed by atoms with van der Waals surface area (Å²) in [6, 6.07) is 19.6. The van der Waals surface area contributed by atoms with Crippen LogP contribution >= 0.6 is 0 Å². The second-order valence-corrected chi connectivity index (χ2v) is 9.07. The van der Waals surface area contributed by atoms with Crippen molar-refractivity contribution in [3.05, 3.63) is 89.5 Å². The SMILES string of the molecule is CCCCNc1cccc2c1C(C)/C(CC)=C\C=C/Cc1ccc3oc4ccccc4c3c1-2. The fraction of sp³-hybridized carbons (Fsp3) is 0.290. The van der Waals surface area contributed by atoms with Gasteiger partial charge in [-0.3, -0.25) is 0 Å². The number of nitrogens with one attached hydrogen (secondary N) is 1. The molecule has 0 bridgehead atoms. The van der Waals surface area contributed by atoms with Gasteiger partial charge in [0.15, 0.2) is 0 Å². The smallest absolute Gasteiger partial charge is 0.136 e. The summed E-state index contributed by atoms with van der Waals surface area (Å²) < 4.78 is 6.30. The second kappa shape index (κ2) is 9.31. The predicted octanol–water partition coefficient (Wildman–Crippen LogP) is 9.02. The summed E-state index contributed by atoms with van der Waals surface area (Å²) in [4.78, 5) is 0. The van der Waals surface area contributed by atoms with Gasteiger partial charge in [0.2, 0.25) is 0 Å². The number of allylic oxidation sites excluding steroid dienone is 4. The topological polar surface area (TPSA) is 25.2 Å². The van der Waals surface area contributed by atoms with E-state index in [9.17, 15) is 0 Å². The van der Waals surface area contributed by atoms with E-state index in [2.05, 4.69) is 98.9 Å². The van der Waals surface area contributed by atoms with Crippen molar-refractivity contribution >= 4 is 27.6 Å². The standard InChI is InChI=1S/C31H33NO/c1-4-6-20-32-26-16-11-15-25-29(26)21(3)22(5-2)12-7-8-13-23-18-19-28-31(30(23)25)24-14-9-10-17-27(24)33-28/h7-12,14-19,21,32H,4-6,13,20H2,1-3H3/b8-7-,22-12-. The lowest BCUT2D eigenvalue weighted by atomic mass is 9.81. The molecule has 0 saturated heterocycles. The molecule has 1 aromatic heterocycles. The third kappa shape index (κ3) is 3.88. The maximum absolute atomic E-state index is 6.30. The zero-order chi connectivity index (χ0) is 22.8. The van der Waals surface area contributed by atoms with Gasteiger partial charge in [-0.2, -0.15) is 0 Å². The number of hydrogen-bond donors (Lipinski definition) is 1. The molecule has 4 aromatic rings. The minimum Gasteiger partial charge on any atom is -0.456 e. The first kappa shape index (κ1) is 21.6. The Kier molecular flexibility index (Phi) is 6.09. The largest absolute Gasteiger partial charge is 0.456 e. The number of hydrogen-bond acceptors (Lipinski definition) is 2. The highest BCUT2D eigenvalue weighted by Gasteiger charge is 2.24. The molecular weight excluding hydrogens is 402 g/mol. The van der Waals surface area contributed by atoms with E-state index in [1.807, 2.05) is 0 Å². The number of furan rings is 1. The van der Waals surface area contributed by atoms with Crippen LogP contribution < -0.4 is 5.32 Å². The molecule has 0 radical (unpaired) electrons. The highest BCUT2D eigenvalue weighted by molar-refractivity contribution is 6.13. The van der Waals surface area contributed by atoms with Crippen molar-refractivity contribution in [1.82, 2.24) is 0 Å². The van der Waals surface area contributed by atoms with Crippen molar-refractivity contribution in [2.45, 2.75) is 52.4 Å². The van der Waals surface area contributed by atoms with Crippen molar-refractivity contribution < 1.29 is 4.42 Å². The second-order valence-electron chi connectivity index (χ2n) is 9.07. The monoisotopic (exact) mass is 435 g/mol. The number of benzene rings is 3. The van der Waals surface area contributed by atoms with Crippen LogP contribution in [0.15, 0.2) is 82.8 Å². The molecule has 1 heterocycles. The molecule has 1 aliphatic carbocycles. The van der Waals surface area contributed by atoms with Crippen molar-refractivity contribution in [3.8, 4) is 11.1 Å². The molecule has 0 spiro atoms. The molecule has 1 atom stereocenters. The van der Waals surface area contributed by atoms with Crippen LogP contribution in [0.5, 0.6) is 0 Å². The third-order valence-electron chi connectivity index (χ3n) is 7.03. The normalized spacial score (nSPS) is 18.4. The first-order chi connectivity index (χ1) is 16.2. The van der Waals surface area contributed by atoms with Crippen LogP contribution in [0.4, 0.5) is 5.69 Å². The van der Waals surface area contributed by atoms with Crippen molar-refractivity contribution in [3.63, 3.8) is 0 Å². The first-order valence-electron chi connectivity index (χ1n) is 12.4. The molecule has 0 fully saturated rings. The molecule has 2 heteroatoms. The van der Waals surface area contributed by atoms with Gasteiger partial charge in [-0.1, -0.05) is 87.4 Å². The van der Waals surface area contributed by atoms with Crippen LogP contribution in [0.1, 0.15) is 57.1 Å². The third-order valence-corrected chi connectivity index (χ3v) is 7.03. The van der Waals surface area contributed by atoms with Gasteiger partial charge in [0, 0.05) is 28.9 Å². The lowest BCUT2D eigenvalue weighted by molar-refractivity contribution is 0.669. The summed E-state index contributed by atoms with van der Waals surface area (Å²) >= 11 is 0. The van der Waals surface area contributed by atoms with Crippen molar-refractivity contribution in [1.29, 1.82) is 0 Å². The van der Waals surface area contributed by atoms with E-state index in [0.717, 1.165) is 30.6 Å². The summed E-state index contributed by atoms with van der Waals surface area (Å²) in [5, 5.41) is 6.20. The molecule has 1 aliphatic rings. The Balaban J connectivity index is 1.85. The van der Waals surface area contributed by atoms with Gasteiger partial charge in [-0.25, -0.2) is 0 Å².